The lowest BCUT2D eigenvalue weighted by atomic mass is 10.1. The van der Waals surface area contributed by atoms with E-state index in [2.05, 4.69) is 10.3 Å². The van der Waals surface area contributed by atoms with Crippen molar-refractivity contribution < 1.29 is 14.6 Å². The average Bonchev–Trinajstić information content (AvgIpc) is 2.59. The number of carbonyl (C=O) groups excluding carboxylic acids is 1. The number of rotatable bonds is 6. The van der Waals surface area contributed by atoms with Crippen LogP contribution in [0.2, 0.25) is 0 Å². The number of aromatic nitrogens is 1. The fourth-order valence-corrected chi connectivity index (χ4v) is 2.01. The summed E-state index contributed by atoms with van der Waals surface area (Å²) < 4.78 is 5.35. The maximum Gasteiger partial charge on any atom is 0.251 e. The van der Waals surface area contributed by atoms with Crippen molar-refractivity contribution >= 4 is 5.91 Å². The average molecular weight is 300 g/mol. The van der Waals surface area contributed by atoms with E-state index in [0.717, 1.165) is 11.3 Å². The van der Waals surface area contributed by atoms with Crippen LogP contribution < -0.4 is 10.1 Å². The van der Waals surface area contributed by atoms with Crippen molar-refractivity contribution in [3.8, 4) is 17.0 Å². The van der Waals surface area contributed by atoms with Crippen molar-refractivity contribution in [1.82, 2.24) is 10.3 Å². The Labute approximate surface area is 130 Å². The van der Waals surface area contributed by atoms with Crippen molar-refractivity contribution in [3.05, 3.63) is 48.2 Å². The molecular formula is C17H20N2O3. The smallest absolute Gasteiger partial charge is 0.251 e. The van der Waals surface area contributed by atoms with E-state index in [1.165, 1.54) is 0 Å². The van der Waals surface area contributed by atoms with Crippen molar-refractivity contribution in [2.45, 2.75) is 6.92 Å². The van der Waals surface area contributed by atoms with Crippen LogP contribution >= 0.6 is 0 Å². The van der Waals surface area contributed by atoms with Crippen LogP contribution in [-0.4, -0.2) is 36.3 Å². The molecule has 0 spiro atoms. The van der Waals surface area contributed by atoms with E-state index >= 15 is 0 Å². The third-order valence-corrected chi connectivity index (χ3v) is 3.33. The SMILES string of the molecule is COc1ccc(C(=O)NCC(C)CO)cc1-c1ccccn1. The molecule has 1 aromatic heterocycles. The van der Waals surface area contributed by atoms with Gasteiger partial charge in [0.2, 0.25) is 0 Å². The normalized spacial score (nSPS) is 11.8. The predicted molar refractivity (Wildman–Crippen MR) is 84.8 cm³/mol. The summed E-state index contributed by atoms with van der Waals surface area (Å²) in [6, 6.07) is 10.8. The number of carbonyl (C=O) groups is 1. The Kier molecular flexibility index (Phi) is 5.49. The minimum absolute atomic E-state index is 0.0254. The topological polar surface area (TPSA) is 71.5 Å². The summed E-state index contributed by atoms with van der Waals surface area (Å²) in [5, 5.41) is 11.8. The van der Waals surface area contributed by atoms with Crippen LogP contribution in [0.15, 0.2) is 42.6 Å². The van der Waals surface area contributed by atoms with Gasteiger partial charge in [-0.15, -0.1) is 0 Å². The number of benzene rings is 1. The first-order chi connectivity index (χ1) is 10.7. The van der Waals surface area contributed by atoms with E-state index in [0.29, 0.717) is 17.9 Å². The molecule has 0 aliphatic carbocycles. The van der Waals surface area contributed by atoms with Gasteiger partial charge in [0, 0.05) is 30.5 Å². The van der Waals surface area contributed by atoms with Crippen LogP contribution in [0.25, 0.3) is 11.3 Å². The van der Waals surface area contributed by atoms with E-state index in [1.54, 1.807) is 31.5 Å². The van der Waals surface area contributed by atoms with Gasteiger partial charge in [0.25, 0.3) is 5.91 Å². The molecule has 0 radical (unpaired) electrons. The van der Waals surface area contributed by atoms with Crippen molar-refractivity contribution in [2.24, 2.45) is 5.92 Å². The highest BCUT2D eigenvalue weighted by Gasteiger charge is 2.13. The number of methoxy groups -OCH3 is 1. The molecule has 22 heavy (non-hydrogen) atoms. The Hall–Kier alpha value is -2.40. The van der Waals surface area contributed by atoms with E-state index in [-0.39, 0.29) is 18.4 Å². The number of aliphatic hydroxyl groups is 1. The zero-order chi connectivity index (χ0) is 15.9. The van der Waals surface area contributed by atoms with Gasteiger partial charge < -0.3 is 15.2 Å². The first-order valence-corrected chi connectivity index (χ1v) is 7.14. The maximum absolute atomic E-state index is 12.2. The van der Waals surface area contributed by atoms with Crippen molar-refractivity contribution in [1.29, 1.82) is 0 Å². The highest BCUT2D eigenvalue weighted by atomic mass is 16.5. The lowest BCUT2D eigenvalue weighted by molar-refractivity contribution is 0.0942. The van der Waals surface area contributed by atoms with Gasteiger partial charge in [-0.1, -0.05) is 13.0 Å². The first-order valence-electron chi connectivity index (χ1n) is 7.14. The molecule has 5 nitrogen and oxygen atoms in total. The van der Waals surface area contributed by atoms with Gasteiger partial charge >= 0.3 is 0 Å². The molecule has 2 N–H and O–H groups in total. The van der Waals surface area contributed by atoms with Crippen LogP contribution in [0.5, 0.6) is 5.75 Å². The van der Waals surface area contributed by atoms with E-state index in [1.807, 2.05) is 25.1 Å². The highest BCUT2D eigenvalue weighted by Crippen LogP contribution is 2.29. The third kappa shape index (κ3) is 3.83. The molecule has 0 aliphatic heterocycles. The Morgan fingerprint density at radius 1 is 1.36 bits per heavy atom. The summed E-state index contributed by atoms with van der Waals surface area (Å²) in [5.41, 5.74) is 2.05. The van der Waals surface area contributed by atoms with E-state index in [9.17, 15) is 4.79 Å². The second-order valence-electron chi connectivity index (χ2n) is 5.13. The quantitative estimate of drug-likeness (QED) is 0.857. The Morgan fingerprint density at radius 3 is 2.82 bits per heavy atom. The van der Waals surface area contributed by atoms with Crippen LogP contribution in [0.3, 0.4) is 0 Å². The molecular weight excluding hydrogens is 280 g/mol. The summed E-state index contributed by atoms with van der Waals surface area (Å²) >= 11 is 0. The molecule has 1 unspecified atom stereocenters. The maximum atomic E-state index is 12.2. The van der Waals surface area contributed by atoms with Crippen LogP contribution in [0, 0.1) is 5.92 Å². The fraction of sp³-hybridized carbons (Fsp3) is 0.294. The molecule has 0 bridgehead atoms. The fourth-order valence-electron chi connectivity index (χ4n) is 2.01. The monoisotopic (exact) mass is 300 g/mol. The molecule has 5 heteroatoms. The number of nitrogens with zero attached hydrogens (tertiary/aromatic N) is 1. The zero-order valence-electron chi connectivity index (χ0n) is 12.7. The molecule has 116 valence electrons. The molecule has 1 heterocycles. The molecule has 0 saturated heterocycles. The van der Waals surface area contributed by atoms with Crippen molar-refractivity contribution in [2.75, 3.05) is 20.3 Å². The Balaban J connectivity index is 2.26. The molecule has 2 rings (SSSR count). The summed E-state index contributed by atoms with van der Waals surface area (Å²) in [4.78, 5) is 16.5. The Morgan fingerprint density at radius 2 is 2.18 bits per heavy atom. The largest absolute Gasteiger partial charge is 0.496 e. The molecule has 0 aliphatic rings. The van der Waals surface area contributed by atoms with Gasteiger partial charge in [-0.25, -0.2) is 0 Å². The molecule has 1 amide bonds. The van der Waals surface area contributed by atoms with Gasteiger partial charge in [0.1, 0.15) is 5.75 Å². The van der Waals surface area contributed by atoms with Gasteiger partial charge in [0.05, 0.1) is 12.8 Å². The molecule has 0 saturated carbocycles. The number of nitrogens with one attached hydrogen (secondary N) is 1. The standard InChI is InChI=1S/C17H20N2O3/c1-12(11-20)10-19-17(21)13-6-7-16(22-2)14(9-13)15-5-3-4-8-18-15/h3-9,12,20H,10-11H2,1-2H3,(H,19,21). The van der Waals surface area contributed by atoms with Gasteiger partial charge in [-0.05, 0) is 36.2 Å². The summed E-state index contributed by atoms with van der Waals surface area (Å²) in [7, 11) is 1.59. The zero-order valence-corrected chi connectivity index (χ0v) is 12.7. The van der Waals surface area contributed by atoms with Gasteiger partial charge in [-0.3, -0.25) is 9.78 Å². The second-order valence-corrected chi connectivity index (χ2v) is 5.13. The van der Waals surface area contributed by atoms with Crippen LogP contribution in [0.1, 0.15) is 17.3 Å². The predicted octanol–water partition coefficient (Wildman–Crippen LogP) is 2.12. The number of pyridine rings is 1. The number of hydrogen-bond donors (Lipinski definition) is 2. The van der Waals surface area contributed by atoms with E-state index in [4.69, 9.17) is 9.84 Å². The van der Waals surface area contributed by atoms with E-state index < -0.39 is 0 Å². The summed E-state index contributed by atoms with van der Waals surface area (Å²) in [6.07, 6.45) is 1.70. The minimum atomic E-state index is -0.180. The second kappa shape index (κ2) is 7.56. The third-order valence-electron chi connectivity index (χ3n) is 3.33. The summed E-state index contributed by atoms with van der Waals surface area (Å²) in [5.74, 6) is 0.511. The summed E-state index contributed by atoms with van der Waals surface area (Å²) in [6.45, 7) is 2.34. The van der Waals surface area contributed by atoms with Gasteiger partial charge in [-0.2, -0.15) is 0 Å². The first kappa shape index (κ1) is 16.0. The number of amides is 1. The Bertz CT molecular complexity index is 629. The molecule has 1 aromatic carbocycles. The van der Waals surface area contributed by atoms with Crippen LogP contribution in [-0.2, 0) is 0 Å². The van der Waals surface area contributed by atoms with Gasteiger partial charge in [0.15, 0.2) is 0 Å². The number of ether oxygens (including phenoxy) is 1. The highest BCUT2D eigenvalue weighted by molar-refractivity contribution is 5.96. The molecule has 2 aromatic rings. The van der Waals surface area contributed by atoms with Crippen LogP contribution in [0.4, 0.5) is 0 Å². The number of aliphatic hydroxyl groups excluding tert-OH is 1. The van der Waals surface area contributed by atoms with Crippen molar-refractivity contribution in [3.63, 3.8) is 0 Å². The molecule has 1 atom stereocenters. The number of hydrogen-bond acceptors (Lipinski definition) is 4. The lowest BCUT2D eigenvalue weighted by Crippen LogP contribution is -2.29. The lowest BCUT2D eigenvalue weighted by Gasteiger charge is -2.12. The molecule has 0 fully saturated rings. The minimum Gasteiger partial charge on any atom is -0.496 e.